The molecule has 0 atom stereocenters. The minimum atomic E-state index is -0.211. The lowest BCUT2D eigenvalue weighted by molar-refractivity contribution is -0.120. The van der Waals surface area contributed by atoms with Crippen LogP contribution in [-0.2, 0) is 4.79 Å². The van der Waals surface area contributed by atoms with Crippen molar-refractivity contribution in [2.24, 2.45) is 5.92 Å². The van der Waals surface area contributed by atoms with E-state index in [9.17, 15) is 9.59 Å². The van der Waals surface area contributed by atoms with Gasteiger partial charge in [-0.15, -0.1) is 0 Å². The highest BCUT2D eigenvalue weighted by atomic mass is 16.2. The maximum absolute atomic E-state index is 12.6. The Morgan fingerprint density at radius 2 is 1.50 bits per heavy atom. The predicted octanol–water partition coefficient (Wildman–Crippen LogP) is 6.30. The first kappa shape index (κ1) is 23.5. The number of nitrogens with one attached hydrogen (secondary N) is 3. The van der Waals surface area contributed by atoms with Gasteiger partial charge in [0.15, 0.2) is 0 Å². The Bertz CT molecular complexity index is 1310. The zero-order valence-corrected chi connectivity index (χ0v) is 20.0. The highest BCUT2D eigenvalue weighted by Crippen LogP contribution is 2.26. The number of nitrogens with zero attached hydrogens (tertiary/aromatic N) is 2. The van der Waals surface area contributed by atoms with Crippen LogP contribution in [0.5, 0.6) is 0 Å². The molecule has 0 unspecified atom stereocenters. The summed E-state index contributed by atoms with van der Waals surface area (Å²) in [6.45, 7) is 0. The second-order valence-corrected chi connectivity index (χ2v) is 9.15. The van der Waals surface area contributed by atoms with Crippen molar-refractivity contribution < 1.29 is 9.59 Å². The molecule has 2 amide bonds. The van der Waals surface area contributed by atoms with Gasteiger partial charge in [-0.2, -0.15) is 0 Å². The van der Waals surface area contributed by atoms with Gasteiger partial charge in [-0.3, -0.25) is 9.59 Å². The molecular formula is C29H29N5O2. The maximum atomic E-state index is 12.6. The minimum Gasteiger partial charge on any atom is -0.338 e. The first-order valence-corrected chi connectivity index (χ1v) is 12.4. The molecular weight excluding hydrogens is 450 g/mol. The highest BCUT2D eigenvalue weighted by Gasteiger charge is 2.20. The van der Waals surface area contributed by atoms with E-state index in [1.54, 1.807) is 36.7 Å². The van der Waals surface area contributed by atoms with Crippen molar-refractivity contribution in [2.75, 3.05) is 10.6 Å². The molecule has 4 aromatic rings. The van der Waals surface area contributed by atoms with Gasteiger partial charge in [0, 0.05) is 28.9 Å². The summed E-state index contributed by atoms with van der Waals surface area (Å²) in [5, 5.41) is 5.86. The number of carbonyl (C=O) groups excluding carboxylic acids is 2. The van der Waals surface area contributed by atoms with Gasteiger partial charge in [-0.05, 0) is 66.9 Å². The topological polar surface area (TPSA) is 99.8 Å². The van der Waals surface area contributed by atoms with Gasteiger partial charge in [0.2, 0.25) is 5.91 Å². The summed E-state index contributed by atoms with van der Waals surface area (Å²) < 4.78 is 0. The van der Waals surface area contributed by atoms with Crippen molar-refractivity contribution in [3.05, 3.63) is 84.7 Å². The summed E-state index contributed by atoms with van der Waals surface area (Å²) in [4.78, 5) is 37.1. The van der Waals surface area contributed by atoms with E-state index in [2.05, 4.69) is 25.6 Å². The van der Waals surface area contributed by atoms with Gasteiger partial charge in [-0.1, -0.05) is 43.9 Å². The second kappa shape index (κ2) is 11.0. The molecule has 2 aromatic heterocycles. The average Bonchev–Trinajstić information content (AvgIpc) is 3.24. The quantitative estimate of drug-likeness (QED) is 0.283. The fraction of sp³-hybridized carbons (Fsp3) is 0.241. The monoisotopic (exact) mass is 479 g/mol. The van der Waals surface area contributed by atoms with Crippen LogP contribution in [0, 0.1) is 5.92 Å². The van der Waals surface area contributed by atoms with Gasteiger partial charge in [0.25, 0.3) is 5.91 Å². The lowest BCUT2D eigenvalue weighted by Crippen LogP contribution is -2.22. The average molecular weight is 480 g/mol. The Labute approximate surface area is 210 Å². The van der Waals surface area contributed by atoms with Crippen molar-refractivity contribution in [3.8, 4) is 22.6 Å². The molecule has 0 bridgehead atoms. The van der Waals surface area contributed by atoms with Crippen molar-refractivity contribution in [1.82, 2.24) is 15.0 Å². The van der Waals surface area contributed by atoms with E-state index in [1.165, 1.54) is 12.8 Å². The molecule has 1 aliphatic carbocycles. The molecule has 1 saturated carbocycles. The molecule has 7 heteroatoms. The molecule has 7 nitrogen and oxygen atoms in total. The number of imidazole rings is 1. The zero-order chi connectivity index (χ0) is 24.7. The Kier molecular flexibility index (Phi) is 7.17. The van der Waals surface area contributed by atoms with Crippen molar-refractivity contribution in [2.45, 2.75) is 38.5 Å². The van der Waals surface area contributed by atoms with Crippen molar-refractivity contribution >= 4 is 23.3 Å². The maximum Gasteiger partial charge on any atom is 0.256 e. The van der Waals surface area contributed by atoms with Crippen molar-refractivity contribution in [1.29, 1.82) is 0 Å². The van der Waals surface area contributed by atoms with E-state index < -0.39 is 0 Å². The van der Waals surface area contributed by atoms with Gasteiger partial charge >= 0.3 is 0 Å². The summed E-state index contributed by atoms with van der Waals surface area (Å²) >= 11 is 0. The zero-order valence-electron chi connectivity index (χ0n) is 20.0. The summed E-state index contributed by atoms with van der Waals surface area (Å²) in [7, 11) is 0. The van der Waals surface area contributed by atoms with Gasteiger partial charge in [0.1, 0.15) is 11.6 Å². The molecule has 36 heavy (non-hydrogen) atoms. The Hall–Kier alpha value is -4.26. The molecule has 1 aliphatic rings. The van der Waals surface area contributed by atoms with E-state index in [0.717, 1.165) is 54.0 Å². The number of anilines is 2. The lowest BCUT2D eigenvalue weighted by atomic mass is 9.99. The number of H-pyrrole nitrogens is 1. The first-order valence-electron chi connectivity index (χ1n) is 12.4. The first-order chi connectivity index (χ1) is 17.7. The third-order valence-corrected chi connectivity index (χ3v) is 6.59. The fourth-order valence-electron chi connectivity index (χ4n) is 4.54. The Morgan fingerprint density at radius 3 is 2.19 bits per heavy atom. The van der Waals surface area contributed by atoms with E-state index in [1.807, 2.05) is 42.5 Å². The summed E-state index contributed by atoms with van der Waals surface area (Å²) in [6.07, 6.45) is 10.1. The molecule has 0 saturated heterocycles. The molecule has 1 fully saturated rings. The molecule has 5 rings (SSSR count). The summed E-state index contributed by atoms with van der Waals surface area (Å²) in [5.74, 6) is 1.29. The lowest BCUT2D eigenvalue weighted by Gasteiger charge is -2.14. The minimum absolute atomic E-state index is 0.118. The summed E-state index contributed by atoms with van der Waals surface area (Å²) in [6, 6.07) is 20.4. The van der Waals surface area contributed by atoms with E-state index in [0.29, 0.717) is 11.4 Å². The van der Waals surface area contributed by atoms with Crippen LogP contribution in [0.15, 0.2) is 79.1 Å². The largest absolute Gasteiger partial charge is 0.338 e. The van der Waals surface area contributed by atoms with Gasteiger partial charge < -0.3 is 15.6 Å². The number of benzene rings is 2. The Balaban J connectivity index is 1.21. The number of pyridine rings is 1. The number of aromatic nitrogens is 3. The molecule has 2 aromatic carbocycles. The van der Waals surface area contributed by atoms with Crippen LogP contribution in [-0.4, -0.2) is 26.8 Å². The van der Waals surface area contributed by atoms with Crippen LogP contribution in [0.4, 0.5) is 11.5 Å². The second-order valence-electron chi connectivity index (χ2n) is 9.15. The molecule has 2 heterocycles. The summed E-state index contributed by atoms with van der Waals surface area (Å²) in [5.41, 5.74) is 4.06. The van der Waals surface area contributed by atoms with Crippen LogP contribution >= 0.6 is 0 Å². The molecule has 0 radical (unpaired) electrons. The van der Waals surface area contributed by atoms with Crippen LogP contribution < -0.4 is 10.6 Å². The molecule has 0 aliphatic heterocycles. The van der Waals surface area contributed by atoms with Crippen LogP contribution in [0.25, 0.3) is 22.6 Å². The smallest absolute Gasteiger partial charge is 0.256 e. The number of carbonyl (C=O) groups is 2. The van der Waals surface area contributed by atoms with Crippen LogP contribution in [0.2, 0.25) is 0 Å². The highest BCUT2D eigenvalue weighted by molar-refractivity contribution is 6.04. The number of aromatic amines is 1. The van der Waals surface area contributed by atoms with Gasteiger partial charge in [0.05, 0.1) is 11.9 Å². The standard InChI is InChI=1S/C29H29N5O2/c35-28(22-7-3-1-2-4-8-22)32-24-16-14-21(15-17-24)27-31-19-25(33-27)20-10-12-23(13-11-20)29(36)34-26-9-5-6-18-30-26/h5-6,9-19,22H,1-4,7-8H2,(H,31,33)(H,32,35)(H,30,34,36). The van der Waals surface area contributed by atoms with E-state index in [-0.39, 0.29) is 17.7 Å². The van der Waals surface area contributed by atoms with E-state index in [4.69, 9.17) is 0 Å². The van der Waals surface area contributed by atoms with Gasteiger partial charge in [-0.25, -0.2) is 9.97 Å². The van der Waals surface area contributed by atoms with Crippen LogP contribution in [0.1, 0.15) is 48.9 Å². The fourth-order valence-corrected chi connectivity index (χ4v) is 4.54. The third-order valence-electron chi connectivity index (χ3n) is 6.59. The Morgan fingerprint density at radius 1 is 0.778 bits per heavy atom. The van der Waals surface area contributed by atoms with Crippen molar-refractivity contribution in [3.63, 3.8) is 0 Å². The normalized spacial score (nSPS) is 14.1. The van der Waals surface area contributed by atoms with E-state index >= 15 is 0 Å². The number of rotatable bonds is 6. The molecule has 3 N–H and O–H groups in total. The number of hydrogen-bond acceptors (Lipinski definition) is 4. The number of amides is 2. The number of hydrogen-bond donors (Lipinski definition) is 3. The van der Waals surface area contributed by atoms with Crippen LogP contribution in [0.3, 0.4) is 0 Å². The molecule has 182 valence electrons. The SMILES string of the molecule is O=C(Nc1ccccn1)c1ccc(-c2cnc(-c3ccc(NC(=O)C4CCCCCC4)cc3)[nH]2)cc1. The third kappa shape index (κ3) is 5.68. The molecule has 0 spiro atoms. The predicted molar refractivity (Wildman–Crippen MR) is 141 cm³/mol.